The number of ether oxygens (including phenoxy) is 3. The van der Waals surface area contributed by atoms with E-state index in [0.717, 1.165) is 13.1 Å². The Morgan fingerprint density at radius 3 is 2.61 bits per heavy atom. The first kappa shape index (κ1) is 25.3. The van der Waals surface area contributed by atoms with E-state index in [2.05, 4.69) is 25.3 Å². The predicted molar refractivity (Wildman–Crippen MR) is 136 cm³/mol. The molecule has 4 rings (SSSR count). The molecule has 0 spiro atoms. The zero-order valence-electron chi connectivity index (χ0n) is 20.7. The van der Waals surface area contributed by atoms with Gasteiger partial charge in [-0.15, -0.1) is 0 Å². The lowest BCUT2D eigenvalue weighted by atomic mass is 9.95. The minimum Gasteiger partial charge on any atom is -0.507 e. The van der Waals surface area contributed by atoms with Gasteiger partial charge in [0.2, 0.25) is 0 Å². The summed E-state index contributed by atoms with van der Waals surface area (Å²) in [4.78, 5) is 30.3. The SMILES string of the molecule is C=CCOc1cccc([C@@H]2C(=C(O)c3ccc4c(c3)OCCO4)C(=O)C(=O)N2CCN(CC)CC)c1. The highest BCUT2D eigenvalue weighted by Crippen LogP contribution is 2.41. The number of amides is 1. The molecule has 0 bridgehead atoms. The Morgan fingerprint density at radius 2 is 1.89 bits per heavy atom. The first-order valence-corrected chi connectivity index (χ1v) is 12.2. The molecular formula is C28H32N2O6. The molecule has 8 heteroatoms. The molecule has 0 aromatic heterocycles. The number of carbonyl (C=O) groups excluding carboxylic acids is 2. The average molecular weight is 493 g/mol. The Balaban J connectivity index is 1.79. The van der Waals surface area contributed by atoms with Crippen molar-refractivity contribution in [3.8, 4) is 17.2 Å². The molecule has 2 heterocycles. The molecule has 190 valence electrons. The number of nitrogens with zero attached hydrogens (tertiary/aromatic N) is 2. The Kier molecular flexibility index (Phi) is 7.95. The van der Waals surface area contributed by atoms with E-state index in [9.17, 15) is 14.7 Å². The number of ketones is 1. The van der Waals surface area contributed by atoms with Gasteiger partial charge in [0.05, 0.1) is 11.6 Å². The van der Waals surface area contributed by atoms with E-state index in [-0.39, 0.29) is 11.3 Å². The summed E-state index contributed by atoms with van der Waals surface area (Å²) in [5.74, 6) is 0.0330. The average Bonchev–Trinajstić information content (AvgIpc) is 3.17. The number of rotatable bonds is 10. The highest BCUT2D eigenvalue weighted by molar-refractivity contribution is 6.46. The molecule has 1 fully saturated rings. The number of Topliss-reactive ketones (excluding diaryl/α,β-unsaturated/α-hetero) is 1. The van der Waals surface area contributed by atoms with Gasteiger partial charge in [-0.25, -0.2) is 0 Å². The summed E-state index contributed by atoms with van der Waals surface area (Å²) in [5, 5.41) is 11.4. The lowest BCUT2D eigenvalue weighted by Gasteiger charge is -2.28. The first-order chi connectivity index (χ1) is 17.5. The van der Waals surface area contributed by atoms with Crippen molar-refractivity contribution in [2.75, 3.05) is 46.0 Å². The number of benzene rings is 2. The van der Waals surface area contributed by atoms with Crippen molar-refractivity contribution >= 4 is 17.4 Å². The van der Waals surface area contributed by atoms with Crippen LogP contribution in [0.4, 0.5) is 0 Å². The van der Waals surface area contributed by atoms with E-state index in [0.29, 0.717) is 61.3 Å². The van der Waals surface area contributed by atoms with Crippen molar-refractivity contribution in [2.24, 2.45) is 0 Å². The largest absolute Gasteiger partial charge is 0.507 e. The van der Waals surface area contributed by atoms with Gasteiger partial charge in [-0.2, -0.15) is 0 Å². The Bertz CT molecular complexity index is 1170. The number of aliphatic hydroxyl groups is 1. The summed E-state index contributed by atoms with van der Waals surface area (Å²) in [6.45, 7) is 11.5. The minimum atomic E-state index is -0.763. The fraction of sp³-hybridized carbons (Fsp3) is 0.357. The Hall–Kier alpha value is -3.78. The maximum Gasteiger partial charge on any atom is 0.295 e. The van der Waals surface area contributed by atoms with E-state index < -0.39 is 17.7 Å². The van der Waals surface area contributed by atoms with Crippen LogP contribution >= 0.6 is 0 Å². The monoisotopic (exact) mass is 492 g/mol. The van der Waals surface area contributed by atoms with Gasteiger partial charge in [-0.3, -0.25) is 9.59 Å². The zero-order valence-corrected chi connectivity index (χ0v) is 20.7. The van der Waals surface area contributed by atoms with Crippen LogP contribution in [0.5, 0.6) is 17.2 Å². The second-order valence-corrected chi connectivity index (χ2v) is 8.55. The second-order valence-electron chi connectivity index (χ2n) is 8.55. The van der Waals surface area contributed by atoms with Gasteiger partial charge < -0.3 is 29.1 Å². The van der Waals surface area contributed by atoms with E-state index in [4.69, 9.17) is 14.2 Å². The summed E-state index contributed by atoms with van der Waals surface area (Å²) < 4.78 is 16.9. The highest BCUT2D eigenvalue weighted by atomic mass is 16.6. The van der Waals surface area contributed by atoms with Crippen LogP contribution in [0.1, 0.15) is 31.0 Å². The molecule has 2 aliphatic heterocycles. The van der Waals surface area contributed by atoms with Crippen LogP contribution in [-0.2, 0) is 9.59 Å². The van der Waals surface area contributed by atoms with E-state index in [1.54, 1.807) is 36.4 Å². The molecule has 0 unspecified atom stereocenters. The first-order valence-electron chi connectivity index (χ1n) is 12.2. The second kappa shape index (κ2) is 11.3. The van der Waals surface area contributed by atoms with Gasteiger partial charge in [-0.05, 0) is 49.0 Å². The minimum absolute atomic E-state index is 0.0390. The number of aliphatic hydroxyl groups excluding tert-OH is 1. The molecule has 8 nitrogen and oxygen atoms in total. The molecule has 0 saturated carbocycles. The van der Waals surface area contributed by atoms with Crippen LogP contribution < -0.4 is 14.2 Å². The molecular weight excluding hydrogens is 460 g/mol. The van der Waals surface area contributed by atoms with Crippen molar-refractivity contribution in [3.05, 3.63) is 71.8 Å². The third-order valence-electron chi connectivity index (χ3n) is 6.45. The molecule has 1 atom stereocenters. The van der Waals surface area contributed by atoms with Crippen LogP contribution in [0.2, 0.25) is 0 Å². The zero-order chi connectivity index (χ0) is 25.7. The van der Waals surface area contributed by atoms with Gasteiger partial charge in [0.15, 0.2) is 11.5 Å². The van der Waals surface area contributed by atoms with Gasteiger partial charge in [0.1, 0.15) is 31.3 Å². The van der Waals surface area contributed by atoms with E-state index >= 15 is 0 Å². The van der Waals surface area contributed by atoms with Crippen LogP contribution in [0, 0.1) is 0 Å². The molecule has 2 aromatic rings. The quantitative estimate of drug-likeness (QED) is 0.234. The fourth-order valence-electron chi connectivity index (χ4n) is 4.52. The number of carbonyl (C=O) groups is 2. The Morgan fingerprint density at radius 1 is 1.14 bits per heavy atom. The van der Waals surface area contributed by atoms with Gasteiger partial charge in [0, 0.05) is 18.7 Å². The molecule has 2 aromatic carbocycles. The van der Waals surface area contributed by atoms with Gasteiger partial charge >= 0.3 is 0 Å². The summed E-state index contributed by atoms with van der Waals surface area (Å²) in [6, 6.07) is 11.5. The van der Waals surface area contributed by atoms with Crippen molar-refractivity contribution in [3.63, 3.8) is 0 Å². The van der Waals surface area contributed by atoms with Gasteiger partial charge in [-0.1, -0.05) is 38.6 Å². The van der Waals surface area contributed by atoms with Crippen LogP contribution in [0.15, 0.2) is 60.7 Å². The molecule has 1 amide bonds. The molecule has 0 aliphatic carbocycles. The molecule has 1 saturated heterocycles. The Labute approximate surface area is 211 Å². The van der Waals surface area contributed by atoms with Crippen LogP contribution in [0.3, 0.4) is 0 Å². The smallest absolute Gasteiger partial charge is 0.295 e. The lowest BCUT2D eigenvalue weighted by Crippen LogP contribution is -2.38. The number of hydrogen-bond acceptors (Lipinski definition) is 7. The fourth-order valence-corrected chi connectivity index (χ4v) is 4.52. The number of likely N-dealkylation sites (tertiary alicyclic amines) is 1. The summed E-state index contributed by atoms with van der Waals surface area (Å²) in [6.07, 6.45) is 1.64. The van der Waals surface area contributed by atoms with Gasteiger partial charge in [0.25, 0.3) is 11.7 Å². The number of hydrogen-bond donors (Lipinski definition) is 1. The summed E-state index contributed by atoms with van der Waals surface area (Å²) in [7, 11) is 0. The van der Waals surface area contributed by atoms with E-state index in [1.807, 2.05) is 12.1 Å². The molecule has 1 N–H and O–H groups in total. The molecule has 0 radical (unpaired) electrons. The summed E-state index contributed by atoms with van der Waals surface area (Å²) in [5.41, 5.74) is 1.09. The third-order valence-corrected chi connectivity index (χ3v) is 6.45. The maximum absolute atomic E-state index is 13.3. The number of likely N-dealkylation sites (N-methyl/N-ethyl adjacent to an activating group) is 1. The van der Waals surface area contributed by atoms with E-state index in [1.165, 1.54) is 4.90 Å². The van der Waals surface area contributed by atoms with Crippen molar-refractivity contribution < 1.29 is 28.9 Å². The molecule has 36 heavy (non-hydrogen) atoms. The number of fused-ring (bicyclic) bond motifs is 1. The topological polar surface area (TPSA) is 88.5 Å². The predicted octanol–water partition coefficient (Wildman–Crippen LogP) is 3.79. The summed E-state index contributed by atoms with van der Waals surface area (Å²) >= 11 is 0. The molecule has 2 aliphatic rings. The van der Waals surface area contributed by atoms with Crippen molar-refractivity contribution in [1.29, 1.82) is 0 Å². The highest BCUT2D eigenvalue weighted by Gasteiger charge is 2.46. The third kappa shape index (κ3) is 5.09. The van der Waals surface area contributed by atoms with Crippen LogP contribution in [0.25, 0.3) is 5.76 Å². The van der Waals surface area contributed by atoms with Crippen molar-refractivity contribution in [2.45, 2.75) is 19.9 Å². The standard InChI is InChI=1S/C28H32N2O6/c1-4-14-34-21-9-7-8-19(17-21)25-24(27(32)28(33)30(25)13-12-29(5-2)6-3)26(31)20-10-11-22-23(18-20)36-16-15-35-22/h4,7-11,17-18,25,31H,1,5-6,12-16H2,2-3H3/t25-/m1/s1. The lowest BCUT2D eigenvalue weighted by molar-refractivity contribution is -0.140. The van der Waals surface area contributed by atoms with Crippen molar-refractivity contribution in [1.82, 2.24) is 9.80 Å². The maximum atomic E-state index is 13.3. The van der Waals surface area contributed by atoms with Crippen LogP contribution in [-0.4, -0.2) is 72.6 Å². The normalized spacial score (nSPS) is 18.5.